The maximum atomic E-state index is 12.4. The van der Waals surface area contributed by atoms with Gasteiger partial charge in [0.25, 0.3) is 0 Å². The molecule has 0 spiro atoms. The van der Waals surface area contributed by atoms with E-state index < -0.39 is 0 Å². The fourth-order valence-electron chi connectivity index (χ4n) is 2.68. The lowest BCUT2D eigenvalue weighted by atomic mass is 10.1. The fourth-order valence-corrected chi connectivity index (χ4v) is 2.68. The normalized spacial score (nSPS) is 19.5. The molecule has 0 aromatic heterocycles. The number of ether oxygens (including phenoxy) is 1. The molecule has 1 aromatic rings. The molecule has 1 fully saturated rings. The summed E-state index contributed by atoms with van der Waals surface area (Å²) >= 11 is 0. The van der Waals surface area contributed by atoms with E-state index >= 15 is 0 Å². The Kier molecular flexibility index (Phi) is 5.59. The maximum absolute atomic E-state index is 12.4. The zero-order chi connectivity index (χ0) is 15.2. The molecule has 0 radical (unpaired) electrons. The number of hydrogen-bond acceptors (Lipinski definition) is 4. The van der Waals surface area contributed by atoms with Gasteiger partial charge in [0.2, 0.25) is 0 Å². The number of likely N-dealkylation sites (N-methyl/N-ethyl adjacent to an activating group) is 1. The van der Waals surface area contributed by atoms with Crippen molar-refractivity contribution in [2.75, 3.05) is 38.8 Å². The summed E-state index contributed by atoms with van der Waals surface area (Å²) in [5.74, 6) is 0. The van der Waals surface area contributed by atoms with E-state index in [0.29, 0.717) is 12.6 Å². The first-order valence-electron chi connectivity index (χ1n) is 7.56. The van der Waals surface area contributed by atoms with Crippen molar-refractivity contribution in [3.63, 3.8) is 0 Å². The molecular formula is C16H25N3O2. The van der Waals surface area contributed by atoms with Crippen LogP contribution in [0.25, 0.3) is 0 Å². The molecule has 0 aliphatic carbocycles. The van der Waals surface area contributed by atoms with Gasteiger partial charge in [0.05, 0.1) is 12.3 Å². The molecule has 1 amide bonds. The second-order valence-corrected chi connectivity index (χ2v) is 5.52. The predicted molar refractivity (Wildman–Crippen MR) is 84.2 cm³/mol. The number of anilines is 1. The van der Waals surface area contributed by atoms with E-state index in [2.05, 4.69) is 24.0 Å². The maximum Gasteiger partial charge on any atom is 0.429 e. The average Bonchev–Trinajstić information content (AvgIpc) is 2.49. The number of amides is 1. The lowest BCUT2D eigenvalue weighted by Crippen LogP contribution is -2.55. The fraction of sp³-hybridized carbons (Fsp3) is 0.562. The molecule has 1 aliphatic rings. The summed E-state index contributed by atoms with van der Waals surface area (Å²) in [6.45, 7) is 3.92. The number of piperidine rings is 1. The van der Waals surface area contributed by atoms with Crippen molar-refractivity contribution in [3.05, 3.63) is 30.3 Å². The highest BCUT2D eigenvalue weighted by atomic mass is 16.6. The van der Waals surface area contributed by atoms with E-state index in [9.17, 15) is 4.79 Å². The molecule has 2 rings (SSSR count). The molecule has 21 heavy (non-hydrogen) atoms. The van der Waals surface area contributed by atoms with Gasteiger partial charge in [-0.2, -0.15) is 0 Å². The van der Waals surface area contributed by atoms with Gasteiger partial charge in [0.1, 0.15) is 0 Å². The smallest absolute Gasteiger partial charge is 0.429 e. The van der Waals surface area contributed by atoms with Crippen molar-refractivity contribution in [2.45, 2.75) is 25.8 Å². The summed E-state index contributed by atoms with van der Waals surface area (Å²) in [6, 6.07) is 10.2. The number of rotatable bonds is 4. The second-order valence-electron chi connectivity index (χ2n) is 5.52. The minimum atomic E-state index is -0.303. The highest BCUT2D eigenvalue weighted by molar-refractivity contribution is 5.86. The van der Waals surface area contributed by atoms with Crippen molar-refractivity contribution in [2.24, 2.45) is 0 Å². The van der Waals surface area contributed by atoms with Crippen LogP contribution in [0.4, 0.5) is 10.5 Å². The van der Waals surface area contributed by atoms with Crippen LogP contribution in [0.2, 0.25) is 0 Å². The number of nitrogens with zero attached hydrogens (tertiary/aromatic N) is 3. The van der Waals surface area contributed by atoms with Crippen LogP contribution in [0.5, 0.6) is 0 Å². The Labute approximate surface area is 127 Å². The molecule has 1 atom stereocenters. The predicted octanol–water partition coefficient (Wildman–Crippen LogP) is 2.59. The molecule has 116 valence electrons. The summed E-state index contributed by atoms with van der Waals surface area (Å²) in [7, 11) is 4.18. The van der Waals surface area contributed by atoms with Gasteiger partial charge in [-0.1, -0.05) is 18.2 Å². The first-order valence-corrected chi connectivity index (χ1v) is 7.56. The zero-order valence-corrected chi connectivity index (χ0v) is 13.2. The van der Waals surface area contributed by atoms with E-state index in [1.165, 1.54) is 0 Å². The van der Waals surface area contributed by atoms with Crippen LogP contribution in [0.1, 0.15) is 19.8 Å². The Hall–Kier alpha value is -1.59. The average molecular weight is 291 g/mol. The quantitative estimate of drug-likeness (QED) is 0.854. The Morgan fingerprint density at radius 2 is 2.05 bits per heavy atom. The molecule has 5 heteroatoms. The standard InChI is InChI=1S/C16H25N3O2/c1-4-21-16(20)19(14-9-6-5-7-10-14)18-12-8-11-15(13-18)17(2)3/h5-7,9-10,15H,4,8,11-13H2,1-3H3. The van der Waals surface area contributed by atoms with Gasteiger partial charge in [0, 0.05) is 19.1 Å². The molecule has 0 bridgehead atoms. The Balaban J connectivity index is 2.21. The van der Waals surface area contributed by atoms with Crippen LogP contribution in [0.3, 0.4) is 0 Å². The molecule has 1 unspecified atom stereocenters. The van der Waals surface area contributed by atoms with Crippen LogP contribution >= 0.6 is 0 Å². The van der Waals surface area contributed by atoms with E-state index in [4.69, 9.17) is 4.74 Å². The van der Waals surface area contributed by atoms with Gasteiger partial charge in [0.15, 0.2) is 0 Å². The second kappa shape index (κ2) is 7.43. The van der Waals surface area contributed by atoms with Crippen LogP contribution in [0.15, 0.2) is 30.3 Å². The molecule has 1 saturated heterocycles. The van der Waals surface area contributed by atoms with E-state index in [1.807, 2.05) is 37.3 Å². The number of hydrogen-bond donors (Lipinski definition) is 0. The van der Waals surface area contributed by atoms with Gasteiger partial charge >= 0.3 is 6.09 Å². The van der Waals surface area contributed by atoms with E-state index in [-0.39, 0.29) is 6.09 Å². The number of para-hydroxylation sites is 1. The van der Waals surface area contributed by atoms with Crippen LogP contribution in [0, 0.1) is 0 Å². The zero-order valence-electron chi connectivity index (χ0n) is 13.2. The summed E-state index contributed by atoms with van der Waals surface area (Å²) in [5.41, 5.74) is 0.857. The van der Waals surface area contributed by atoms with E-state index in [0.717, 1.165) is 31.6 Å². The van der Waals surface area contributed by atoms with Crippen molar-refractivity contribution in [1.82, 2.24) is 9.91 Å². The number of carbonyl (C=O) groups excluding carboxylic acids is 1. The first-order chi connectivity index (χ1) is 10.1. The third-order valence-electron chi connectivity index (χ3n) is 3.83. The van der Waals surface area contributed by atoms with Crippen molar-refractivity contribution in [1.29, 1.82) is 0 Å². The van der Waals surface area contributed by atoms with Gasteiger partial charge in [-0.05, 0) is 46.0 Å². The van der Waals surface area contributed by atoms with Crippen molar-refractivity contribution in [3.8, 4) is 0 Å². The van der Waals surface area contributed by atoms with Crippen molar-refractivity contribution < 1.29 is 9.53 Å². The van der Waals surface area contributed by atoms with Crippen LogP contribution in [-0.4, -0.2) is 55.8 Å². The highest BCUT2D eigenvalue weighted by Crippen LogP contribution is 2.22. The lowest BCUT2D eigenvalue weighted by Gasteiger charge is -2.41. The minimum absolute atomic E-state index is 0.303. The van der Waals surface area contributed by atoms with Crippen molar-refractivity contribution >= 4 is 11.8 Å². The molecule has 1 aromatic carbocycles. The largest absolute Gasteiger partial charge is 0.448 e. The Morgan fingerprint density at radius 3 is 2.67 bits per heavy atom. The van der Waals surface area contributed by atoms with Gasteiger partial charge < -0.3 is 9.64 Å². The lowest BCUT2D eigenvalue weighted by molar-refractivity contribution is 0.0987. The molecular weight excluding hydrogens is 266 g/mol. The van der Waals surface area contributed by atoms with E-state index in [1.54, 1.807) is 5.01 Å². The minimum Gasteiger partial charge on any atom is -0.448 e. The summed E-state index contributed by atoms with van der Waals surface area (Å²) in [5, 5.41) is 3.78. The van der Waals surface area contributed by atoms with Crippen LogP contribution < -0.4 is 5.01 Å². The Bertz CT molecular complexity index is 450. The van der Waals surface area contributed by atoms with Gasteiger partial charge in [-0.15, -0.1) is 0 Å². The number of hydrazine groups is 1. The first kappa shape index (κ1) is 15.8. The number of benzene rings is 1. The van der Waals surface area contributed by atoms with Crippen LogP contribution in [-0.2, 0) is 4.74 Å². The summed E-state index contributed by atoms with van der Waals surface area (Å²) in [4.78, 5) is 14.6. The monoisotopic (exact) mass is 291 g/mol. The topological polar surface area (TPSA) is 36.0 Å². The SMILES string of the molecule is CCOC(=O)N(c1ccccc1)N1CCCC(N(C)C)C1. The molecule has 1 heterocycles. The summed E-state index contributed by atoms with van der Waals surface area (Å²) in [6.07, 6.45) is 1.93. The highest BCUT2D eigenvalue weighted by Gasteiger charge is 2.30. The molecule has 5 nitrogen and oxygen atoms in total. The third-order valence-corrected chi connectivity index (χ3v) is 3.83. The van der Waals surface area contributed by atoms with Gasteiger partial charge in [-0.25, -0.2) is 14.8 Å². The molecule has 1 aliphatic heterocycles. The number of carbonyl (C=O) groups is 1. The molecule has 0 N–H and O–H groups in total. The summed E-state index contributed by atoms with van der Waals surface area (Å²) < 4.78 is 5.24. The third kappa shape index (κ3) is 3.95. The molecule has 0 saturated carbocycles. The Morgan fingerprint density at radius 1 is 1.33 bits per heavy atom. The van der Waals surface area contributed by atoms with Gasteiger partial charge in [-0.3, -0.25) is 0 Å².